The third kappa shape index (κ3) is 5.14. The molecule has 4 nitrogen and oxygen atoms in total. The largest absolute Gasteiger partial charge is 0.409 e. The molecule has 0 bridgehead atoms. The van der Waals surface area contributed by atoms with E-state index in [4.69, 9.17) is 10.9 Å². The molecule has 1 aromatic rings. The fourth-order valence-electron chi connectivity index (χ4n) is 1.45. The van der Waals surface area contributed by atoms with Crippen LogP contribution in [0.15, 0.2) is 22.7 Å². The summed E-state index contributed by atoms with van der Waals surface area (Å²) in [7, 11) is 2.10. The lowest BCUT2D eigenvalue weighted by Gasteiger charge is -2.15. The van der Waals surface area contributed by atoms with Gasteiger partial charge in [0, 0.05) is 17.8 Å². The molecular formula is C11H19N3OS. The molecule has 0 spiro atoms. The first-order valence-electron chi connectivity index (χ1n) is 5.39. The molecular weight excluding hydrogens is 222 g/mol. The fraction of sp³-hybridized carbons (Fsp3) is 0.545. The quantitative estimate of drug-likeness (QED) is 0.331. The summed E-state index contributed by atoms with van der Waals surface area (Å²) in [5, 5.41) is 13.4. The van der Waals surface area contributed by atoms with Gasteiger partial charge in [-0.1, -0.05) is 11.2 Å². The van der Waals surface area contributed by atoms with Crippen molar-refractivity contribution in [2.24, 2.45) is 10.9 Å². The smallest absolute Gasteiger partial charge is 0.139 e. The summed E-state index contributed by atoms with van der Waals surface area (Å²) in [5.74, 6) is 0.312. The summed E-state index contributed by atoms with van der Waals surface area (Å²) in [6, 6.07) is 4.24. The summed E-state index contributed by atoms with van der Waals surface area (Å²) in [5.41, 5.74) is 5.39. The third-order valence-corrected chi connectivity index (χ3v) is 3.36. The van der Waals surface area contributed by atoms with Crippen LogP contribution in [0.25, 0.3) is 0 Å². The molecule has 0 aromatic carbocycles. The maximum atomic E-state index is 8.38. The highest BCUT2D eigenvalue weighted by Gasteiger charge is 2.01. The van der Waals surface area contributed by atoms with Crippen LogP contribution in [0.3, 0.4) is 0 Å². The standard InChI is InChI=1S/C11H19N3OS/c1-14(7-2-5-11(12)13-15)8-6-10-4-3-9-16-10/h3-4,9,15H,2,5-8H2,1H3,(H2,12,13). The Labute approximate surface area is 100 Å². The maximum absolute atomic E-state index is 8.38. The number of oxime groups is 1. The van der Waals surface area contributed by atoms with Crippen LogP contribution < -0.4 is 5.73 Å². The Morgan fingerprint density at radius 3 is 3.00 bits per heavy atom. The molecule has 0 aliphatic rings. The van der Waals surface area contributed by atoms with E-state index in [1.165, 1.54) is 4.88 Å². The molecule has 0 radical (unpaired) electrons. The van der Waals surface area contributed by atoms with Crippen molar-refractivity contribution in [2.45, 2.75) is 19.3 Å². The molecule has 1 aromatic heterocycles. The van der Waals surface area contributed by atoms with Crippen molar-refractivity contribution < 1.29 is 5.21 Å². The van der Waals surface area contributed by atoms with Gasteiger partial charge in [0.2, 0.25) is 0 Å². The molecule has 0 unspecified atom stereocenters. The third-order valence-electron chi connectivity index (χ3n) is 2.42. The van der Waals surface area contributed by atoms with Crippen LogP contribution in [0, 0.1) is 0 Å². The Morgan fingerprint density at radius 2 is 2.38 bits per heavy atom. The second-order valence-corrected chi connectivity index (χ2v) is 4.86. The summed E-state index contributed by atoms with van der Waals surface area (Å²) in [6.07, 6.45) is 2.68. The van der Waals surface area contributed by atoms with Crippen LogP contribution in [0.1, 0.15) is 17.7 Å². The van der Waals surface area contributed by atoms with E-state index in [0.717, 1.165) is 25.9 Å². The van der Waals surface area contributed by atoms with Gasteiger partial charge in [-0.2, -0.15) is 0 Å². The minimum Gasteiger partial charge on any atom is -0.409 e. The van der Waals surface area contributed by atoms with Gasteiger partial charge in [0.1, 0.15) is 5.84 Å². The molecule has 0 fully saturated rings. The molecule has 0 atom stereocenters. The lowest BCUT2D eigenvalue weighted by Crippen LogP contribution is -2.23. The van der Waals surface area contributed by atoms with Gasteiger partial charge in [0.05, 0.1) is 0 Å². The average Bonchev–Trinajstić information content (AvgIpc) is 2.79. The summed E-state index contributed by atoms with van der Waals surface area (Å²) in [6.45, 7) is 2.03. The highest BCUT2D eigenvalue weighted by molar-refractivity contribution is 7.09. The predicted molar refractivity (Wildman–Crippen MR) is 68.2 cm³/mol. The molecule has 5 heteroatoms. The fourth-order valence-corrected chi connectivity index (χ4v) is 2.15. The summed E-state index contributed by atoms with van der Waals surface area (Å²) < 4.78 is 0. The second kappa shape index (κ2) is 7.24. The maximum Gasteiger partial charge on any atom is 0.139 e. The molecule has 90 valence electrons. The van der Waals surface area contributed by atoms with Crippen LogP contribution in [0.4, 0.5) is 0 Å². The Bertz CT molecular complexity index is 311. The van der Waals surface area contributed by atoms with E-state index in [2.05, 4.69) is 34.6 Å². The van der Waals surface area contributed by atoms with Crippen LogP contribution in [-0.2, 0) is 6.42 Å². The van der Waals surface area contributed by atoms with Crippen molar-refractivity contribution in [1.82, 2.24) is 4.90 Å². The Kier molecular flexibility index (Phi) is 5.88. The molecule has 0 saturated carbocycles. The van der Waals surface area contributed by atoms with E-state index >= 15 is 0 Å². The van der Waals surface area contributed by atoms with E-state index in [0.29, 0.717) is 12.3 Å². The van der Waals surface area contributed by atoms with Crippen molar-refractivity contribution >= 4 is 17.2 Å². The summed E-state index contributed by atoms with van der Waals surface area (Å²) in [4.78, 5) is 3.69. The first-order chi connectivity index (χ1) is 7.72. The molecule has 0 aliphatic carbocycles. The van der Waals surface area contributed by atoms with E-state index < -0.39 is 0 Å². The lowest BCUT2D eigenvalue weighted by atomic mass is 10.2. The van der Waals surface area contributed by atoms with Crippen molar-refractivity contribution in [2.75, 3.05) is 20.1 Å². The van der Waals surface area contributed by atoms with E-state index in [1.807, 2.05) is 0 Å². The van der Waals surface area contributed by atoms with E-state index in [1.54, 1.807) is 11.3 Å². The number of nitrogens with zero attached hydrogens (tertiary/aromatic N) is 2. The second-order valence-electron chi connectivity index (χ2n) is 3.83. The van der Waals surface area contributed by atoms with E-state index in [-0.39, 0.29) is 0 Å². The molecule has 0 amide bonds. The van der Waals surface area contributed by atoms with Gasteiger partial charge in [-0.05, 0) is 37.9 Å². The molecule has 0 saturated heterocycles. The minimum absolute atomic E-state index is 0.312. The number of rotatable bonds is 7. The Hall–Kier alpha value is -1.07. The molecule has 1 heterocycles. The Balaban J connectivity index is 2.09. The van der Waals surface area contributed by atoms with Gasteiger partial charge in [-0.3, -0.25) is 0 Å². The molecule has 16 heavy (non-hydrogen) atoms. The van der Waals surface area contributed by atoms with Gasteiger partial charge in [0.15, 0.2) is 0 Å². The normalized spacial score (nSPS) is 12.2. The Morgan fingerprint density at radius 1 is 1.56 bits per heavy atom. The SMILES string of the molecule is CN(CCCC(N)=NO)CCc1cccs1. The van der Waals surface area contributed by atoms with Crippen LogP contribution >= 0.6 is 11.3 Å². The highest BCUT2D eigenvalue weighted by Crippen LogP contribution is 2.09. The number of hydrogen-bond donors (Lipinski definition) is 2. The minimum atomic E-state index is 0.312. The first kappa shape index (κ1) is 13.0. The predicted octanol–water partition coefficient (Wildman–Crippen LogP) is 1.75. The topological polar surface area (TPSA) is 61.8 Å². The number of nitrogens with two attached hydrogens (primary N) is 1. The van der Waals surface area contributed by atoms with Crippen LogP contribution in [-0.4, -0.2) is 36.1 Å². The van der Waals surface area contributed by atoms with Gasteiger partial charge in [-0.15, -0.1) is 11.3 Å². The van der Waals surface area contributed by atoms with Crippen LogP contribution in [0.2, 0.25) is 0 Å². The van der Waals surface area contributed by atoms with Gasteiger partial charge in [-0.25, -0.2) is 0 Å². The van der Waals surface area contributed by atoms with Gasteiger partial charge >= 0.3 is 0 Å². The van der Waals surface area contributed by atoms with Gasteiger partial charge < -0.3 is 15.8 Å². The zero-order chi connectivity index (χ0) is 11.8. The first-order valence-corrected chi connectivity index (χ1v) is 6.27. The highest BCUT2D eigenvalue weighted by atomic mass is 32.1. The lowest BCUT2D eigenvalue weighted by molar-refractivity contribution is 0.313. The number of hydrogen-bond acceptors (Lipinski definition) is 4. The zero-order valence-corrected chi connectivity index (χ0v) is 10.4. The molecule has 1 rings (SSSR count). The van der Waals surface area contributed by atoms with Crippen molar-refractivity contribution in [3.63, 3.8) is 0 Å². The average molecular weight is 241 g/mol. The number of amidine groups is 1. The zero-order valence-electron chi connectivity index (χ0n) is 9.59. The van der Waals surface area contributed by atoms with E-state index in [9.17, 15) is 0 Å². The van der Waals surface area contributed by atoms with Crippen molar-refractivity contribution in [3.05, 3.63) is 22.4 Å². The molecule has 3 N–H and O–H groups in total. The molecule has 0 aliphatic heterocycles. The van der Waals surface area contributed by atoms with Crippen molar-refractivity contribution in [1.29, 1.82) is 0 Å². The van der Waals surface area contributed by atoms with Gasteiger partial charge in [0.25, 0.3) is 0 Å². The number of thiophene rings is 1. The summed E-state index contributed by atoms with van der Waals surface area (Å²) >= 11 is 1.80. The monoisotopic (exact) mass is 241 g/mol. The van der Waals surface area contributed by atoms with Crippen molar-refractivity contribution in [3.8, 4) is 0 Å². The van der Waals surface area contributed by atoms with Crippen LogP contribution in [0.5, 0.6) is 0 Å². The number of likely N-dealkylation sites (N-methyl/N-ethyl adjacent to an activating group) is 1.